The Morgan fingerprint density at radius 3 is 2.68 bits per heavy atom. The van der Waals surface area contributed by atoms with Crippen LogP contribution in [-0.4, -0.2) is 43.1 Å². The van der Waals surface area contributed by atoms with E-state index in [1.54, 1.807) is 11.0 Å². The van der Waals surface area contributed by atoms with Crippen molar-refractivity contribution < 1.29 is 4.74 Å². The van der Waals surface area contributed by atoms with Crippen molar-refractivity contribution in [2.75, 3.05) is 23.8 Å². The summed E-state index contributed by atoms with van der Waals surface area (Å²) in [6.45, 7) is 12.2. The van der Waals surface area contributed by atoms with E-state index < -0.39 is 0 Å². The summed E-state index contributed by atoms with van der Waals surface area (Å²) >= 11 is 0. The lowest BCUT2D eigenvalue weighted by molar-refractivity contribution is 0.332. The molecule has 4 rings (SSSR count). The number of benzene rings is 1. The molecule has 1 aromatic carbocycles. The van der Waals surface area contributed by atoms with E-state index >= 15 is 0 Å². The van der Waals surface area contributed by atoms with Crippen LogP contribution in [0.25, 0.3) is 10.5 Å². The molecule has 0 spiro atoms. The average Bonchev–Trinajstić information content (AvgIpc) is 3.44. The van der Waals surface area contributed by atoms with Crippen molar-refractivity contribution in [3.05, 3.63) is 71.7 Å². The van der Waals surface area contributed by atoms with E-state index in [1.807, 2.05) is 50.2 Å². The van der Waals surface area contributed by atoms with Crippen LogP contribution < -0.4 is 15.4 Å². The van der Waals surface area contributed by atoms with Gasteiger partial charge in [-0.05, 0) is 49.7 Å². The monoisotopic (exact) mass is 415 g/mol. The maximum atomic E-state index is 7.48. The maximum absolute atomic E-state index is 7.48. The van der Waals surface area contributed by atoms with Crippen LogP contribution >= 0.6 is 0 Å². The van der Waals surface area contributed by atoms with Gasteiger partial charge in [0, 0.05) is 18.3 Å². The van der Waals surface area contributed by atoms with Crippen LogP contribution in [-0.2, 0) is 0 Å². The molecule has 3 N–H and O–H groups in total. The largest absolute Gasteiger partial charge is 0.492 e. The van der Waals surface area contributed by atoms with Crippen LogP contribution in [0.2, 0.25) is 0 Å². The first-order valence-electron chi connectivity index (χ1n) is 9.62. The molecule has 10 heteroatoms. The minimum atomic E-state index is 0.414. The lowest BCUT2D eigenvalue weighted by atomic mass is 10.2. The standard InChI is InChI=1S/C21H21N9O/c1-14-10-18(26-19-11-15(2)28-29-19)27-21(20(14)22-3)24-8-9-31-17-6-4-16(5-7-17)30-13-23-12-25-30/h4-7,10-13H,8-9H2,1-2H3,(H3,24,26,27,28,29). The highest BCUT2D eigenvalue weighted by Gasteiger charge is 2.11. The van der Waals surface area contributed by atoms with Gasteiger partial charge in [0.2, 0.25) is 5.69 Å². The van der Waals surface area contributed by atoms with Crippen molar-refractivity contribution in [2.45, 2.75) is 13.8 Å². The van der Waals surface area contributed by atoms with Crippen LogP contribution in [0.5, 0.6) is 5.75 Å². The second-order valence-electron chi connectivity index (χ2n) is 6.80. The van der Waals surface area contributed by atoms with Gasteiger partial charge in [-0.1, -0.05) is 0 Å². The zero-order valence-electron chi connectivity index (χ0n) is 17.1. The molecule has 0 aliphatic carbocycles. The second-order valence-corrected chi connectivity index (χ2v) is 6.80. The van der Waals surface area contributed by atoms with Gasteiger partial charge < -0.3 is 15.4 Å². The van der Waals surface area contributed by atoms with Crippen molar-refractivity contribution >= 4 is 23.1 Å². The van der Waals surface area contributed by atoms with Crippen LogP contribution in [0.15, 0.2) is 49.1 Å². The van der Waals surface area contributed by atoms with Gasteiger partial charge in [0.25, 0.3) is 0 Å². The molecule has 3 aromatic heterocycles. The molecular formula is C21H21N9O. The van der Waals surface area contributed by atoms with E-state index in [0.29, 0.717) is 36.3 Å². The van der Waals surface area contributed by atoms with E-state index in [-0.39, 0.29) is 0 Å². The summed E-state index contributed by atoms with van der Waals surface area (Å²) in [7, 11) is 0. The Bertz CT molecular complexity index is 1190. The van der Waals surface area contributed by atoms with Gasteiger partial charge in [-0.15, -0.1) is 0 Å². The van der Waals surface area contributed by atoms with Crippen molar-refractivity contribution in [1.29, 1.82) is 0 Å². The molecule has 0 amide bonds. The predicted octanol–water partition coefficient (Wildman–Crippen LogP) is 3.79. The molecule has 10 nitrogen and oxygen atoms in total. The SMILES string of the molecule is [C-]#[N+]c1c(C)cc(Nc2cc(C)[nH]n2)nc1NCCOc1ccc(-n2cncn2)cc1. The molecule has 3 heterocycles. The Kier molecular flexibility index (Phi) is 5.75. The van der Waals surface area contributed by atoms with Crippen molar-refractivity contribution in [2.24, 2.45) is 0 Å². The Hall–Kier alpha value is -4.39. The van der Waals surface area contributed by atoms with E-state index in [4.69, 9.17) is 11.3 Å². The molecule has 4 aromatic rings. The van der Waals surface area contributed by atoms with Gasteiger partial charge in [-0.2, -0.15) is 10.2 Å². The van der Waals surface area contributed by atoms with Crippen LogP contribution in [0.4, 0.5) is 23.1 Å². The van der Waals surface area contributed by atoms with E-state index in [0.717, 1.165) is 22.7 Å². The van der Waals surface area contributed by atoms with Crippen molar-refractivity contribution in [3.8, 4) is 11.4 Å². The summed E-state index contributed by atoms with van der Waals surface area (Å²) in [5.74, 6) is 2.53. The number of aromatic nitrogens is 6. The molecular weight excluding hydrogens is 394 g/mol. The van der Waals surface area contributed by atoms with Crippen molar-refractivity contribution in [3.63, 3.8) is 0 Å². The summed E-state index contributed by atoms with van der Waals surface area (Å²) in [5, 5.41) is 17.5. The minimum Gasteiger partial charge on any atom is -0.492 e. The molecule has 0 unspecified atom stereocenters. The number of aromatic amines is 1. The average molecular weight is 415 g/mol. The third-order valence-corrected chi connectivity index (χ3v) is 4.44. The van der Waals surface area contributed by atoms with Crippen LogP contribution in [0.1, 0.15) is 11.3 Å². The minimum absolute atomic E-state index is 0.414. The highest BCUT2D eigenvalue weighted by molar-refractivity contribution is 5.73. The Labute approximate surface area is 179 Å². The molecule has 31 heavy (non-hydrogen) atoms. The molecule has 0 saturated carbocycles. The first kappa shape index (κ1) is 19.9. The topological polar surface area (TPSA) is 110 Å². The lowest BCUT2D eigenvalue weighted by Gasteiger charge is -2.13. The van der Waals surface area contributed by atoms with Gasteiger partial charge in [0.05, 0.1) is 12.3 Å². The first-order valence-corrected chi connectivity index (χ1v) is 9.62. The number of ether oxygens (including phenoxy) is 1. The summed E-state index contributed by atoms with van der Waals surface area (Å²) in [4.78, 5) is 12.1. The van der Waals surface area contributed by atoms with E-state index in [2.05, 4.69) is 40.7 Å². The summed E-state index contributed by atoms with van der Waals surface area (Å²) in [6, 6.07) is 11.3. The lowest BCUT2D eigenvalue weighted by Crippen LogP contribution is -2.13. The molecule has 0 atom stereocenters. The normalized spacial score (nSPS) is 10.5. The molecule has 0 saturated heterocycles. The molecule has 0 aliphatic rings. The number of H-pyrrole nitrogens is 1. The maximum Gasteiger partial charge on any atom is 0.231 e. The quantitative estimate of drug-likeness (QED) is 0.297. The van der Waals surface area contributed by atoms with Crippen LogP contribution in [0, 0.1) is 20.4 Å². The molecule has 156 valence electrons. The number of hydrogen-bond acceptors (Lipinski definition) is 7. The van der Waals surface area contributed by atoms with Crippen molar-refractivity contribution in [1.82, 2.24) is 29.9 Å². The number of pyridine rings is 1. The number of hydrogen-bond donors (Lipinski definition) is 3. The second kappa shape index (κ2) is 8.96. The van der Waals surface area contributed by atoms with Gasteiger partial charge in [0.15, 0.2) is 5.82 Å². The molecule has 0 fully saturated rings. The first-order chi connectivity index (χ1) is 15.1. The zero-order chi connectivity index (χ0) is 21.6. The summed E-state index contributed by atoms with van der Waals surface area (Å²) < 4.78 is 7.47. The number of anilines is 3. The Balaban J connectivity index is 1.36. The van der Waals surface area contributed by atoms with E-state index in [1.165, 1.54) is 6.33 Å². The molecule has 0 aliphatic heterocycles. The fourth-order valence-corrected chi connectivity index (χ4v) is 2.98. The smallest absolute Gasteiger partial charge is 0.231 e. The number of rotatable bonds is 8. The van der Waals surface area contributed by atoms with Gasteiger partial charge in [-0.3, -0.25) is 5.10 Å². The van der Waals surface area contributed by atoms with Gasteiger partial charge in [0.1, 0.15) is 36.6 Å². The zero-order valence-corrected chi connectivity index (χ0v) is 17.1. The fourth-order valence-electron chi connectivity index (χ4n) is 2.98. The number of nitrogens with zero attached hydrogens (tertiary/aromatic N) is 6. The van der Waals surface area contributed by atoms with Gasteiger partial charge in [-0.25, -0.2) is 19.5 Å². The third-order valence-electron chi connectivity index (χ3n) is 4.44. The fraction of sp³-hybridized carbons (Fsp3) is 0.190. The molecule has 0 radical (unpaired) electrons. The van der Waals surface area contributed by atoms with E-state index in [9.17, 15) is 0 Å². The number of nitrogens with one attached hydrogen (secondary N) is 3. The third kappa shape index (κ3) is 4.79. The Morgan fingerprint density at radius 1 is 1.16 bits per heavy atom. The highest BCUT2D eigenvalue weighted by Crippen LogP contribution is 2.30. The molecule has 0 bridgehead atoms. The predicted molar refractivity (Wildman–Crippen MR) is 117 cm³/mol. The Morgan fingerprint density at radius 2 is 2.00 bits per heavy atom. The summed E-state index contributed by atoms with van der Waals surface area (Å²) in [6.07, 6.45) is 3.13. The van der Waals surface area contributed by atoms with Gasteiger partial charge >= 0.3 is 0 Å². The highest BCUT2D eigenvalue weighted by atomic mass is 16.5. The van der Waals surface area contributed by atoms with Crippen LogP contribution in [0.3, 0.4) is 0 Å². The number of aryl methyl sites for hydroxylation is 2. The summed E-state index contributed by atoms with van der Waals surface area (Å²) in [5.41, 5.74) is 3.16.